The smallest absolute Gasteiger partial charge is 0.307 e. The van der Waals surface area contributed by atoms with Crippen molar-refractivity contribution < 1.29 is 14.3 Å². The van der Waals surface area contributed by atoms with Gasteiger partial charge in [0.05, 0.1) is 18.6 Å². The number of carbonyl (C=O) groups excluding carboxylic acids is 2. The van der Waals surface area contributed by atoms with Crippen LogP contribution in [0, 0.1) is 0 Å². The molecular weight excluding hydrogens is 348 g/mol. The normalized spacial score (nSPS) is 10.6. The number of hydrogen-bond donors (Lipinski definition) is 0. The Bertz CT molecular complexity index is 506. The second kappa shape index (κ2) is 9.58. The van der Waals surface area contributed by atoms with Gasteiger partial charge in [-0.15, -0.1) is 0 Å². The first kappa shape index (κ1) is 18.6. The fourth-order valence-electron chi connectivity index (χ4n) is 1.90. The molecule has 0 fully saturated rings. The van der Waals surface area contributed by atoms with E-state index in [-0.39, 0.29) is 18.3 Å². The molecule has 0 radical (unpaired) electrons. The molecule has 1 aromatic rings. The number of nitrogens with zero attached hydrogens (tertiary/aromatic N) is 2. The number of halogens is 1. The van der Waals surface area contributed by atoms with E-state index in [4.69, 9.17) is 4.74 Å². The fourth-order valence-corrected chi connectivity index (χ4v) is 2.35. The van der Waals surface area contributed by atoms with Gasteiger partial charge in [0.1, 0.15) is 0 Å². The van der Waals surface area contributed by atoms with Gasteiger partial charge in [0.25, 0.3) is 5.91 Å². The Morgan fingerprint density at radius 3 is 2.41 bits per heavy atom. The highest BCUT2D eigenvalue weighted by Crippen LogP contribution is 2.18. The predicted octanol–water partition coefficient (Wildman–Crippen LogP) is 2.41. The van der Waals surface area contributed by atoms with Crippen molar-refractivity contribution >= 4 is 27.8 Å². The van der Waals surface area contributed by atoms with Crippen LogP contribution in [0.5, 0.6) is 0 Å². The Labute approximate surface area is 140 Å². The second-order valence-corrected chi connectivity index (χ2v) is 5.98. The number of carbonyl (C=O) groups is 2. The number of rotatable bonds is 8. The van der Waals surface area contributed by atoms with Crippen molar-refractivity contribution in [3.8, 4) is 0 Å². The summed E-state index contributed by atoms with van der Waals surface area (Å²) < 4.78 is 5.69. The van der Waals surface area contributed by atoms with Gasteiger partial charge >= 0.3 is 5.97 Å². The number of esters is 1. The molecule has 0 aliphatic heterocycles. The molecule has 0 unspecified atom stereocenters. The minimum Gasteiger partial charge on any atom is -0.466 e. The second-order valence-electron chi connectivity index (χ2n) is 5.13. The highest BCUT2D eigenvalue weighted by Gasteiger charge is 2.19. The van der Waals surface area contributed by atoms with Gasteiger partial charge in [-0.1, -0.05) is 12.1 Å². The van der Waals surface area contributed by atoms with E-state index in [1.54, 1.807) is 17.9 Å². The van der Waals surface area contributed by atoms with Crippen molar-refractivity contribution in [1.29, 1.82) is 0 Å². The number of ether oxygens (including phenoxy) is 1. The average Bonchev–Trinajstić information content (AvgIpc) is 2.47. The zero-order chi connectivity index (χ0) is 16.5. The molecule has 122 valence electrons. The molecule has 6 heteroatoms. The van der Waals surface area contributed by atoms with Crippen LogP contribution in [0.1, 0.15) is 23.7 Å². The fraction of sp³-hybridized carbons (Fsp3) is 0.500. The molecule has 0 atom stereocenters. The van der Waals surface area contributed by atoms with E-state index in [1.165, 1.54) is 0 Å². The van der Waals surface area contributed by atoms with Crippen LogP contribution in [0.2, 0.25) is 0 Å². The Morgan fingerprint density at radius 1 is 1.14 bits per heavy atom. The lowest BCUT2D eigenvalue weighted by atomic mass is 10.2. The highest BCUT2D eigenvalue weighted by molar-refractivity contribution is 9.10. The maximum atomic E-state index is 12.7. The molecule has 0 N–H and O–H groups in total. The Balaban J connectivity index is 2.78. The SMILES string of the molecule is CCOC(=O)CCN(CCN(C)C)C(=O)c1ccccc1Br. The molecule has 0 saturated heterocycles. The van der Waals surface area contributed by atoms with E-state index < -0.39 is 0 Å². The minimum absolute atomic E-state index is 0.0846. The van der Waals surface area contributed by atoms with Crippen LogP contribution in [0.4, 0.5) is 0 Å². The Hall–Kier alpha value is -1.40. The molecule has 1 rings (SSSR count). The summed E-state index contributed by atoms with van der Waals surface area (Å²) >= 11 is 3.40. The zero-order valence-corrected chi connectivity index (χ0v) is 14.9. The van der Waals surface area contributed by atoms with Crippen LogP contribution in [0.15, 0.2) is 28.7 Å². The predicted molar refractivity (Wildman–Crippen MR) is 89.8 cm³/mol. The average molecular weight is 371 g/mol. The third-order valence-corrected chi connectivity index (χ3v) is 3.79. The van der Waals surface area contributed by atoms with Crippen molar-refractivity contribution in [2.75, 3.05) is 40.3 Å². The van der Waals surface area contributed by atoms with Gasteiger partial charge in [0.15, 0.2) is 0 Å². The molecule has 0 aliphatic carbocycles. The Kier molecular flexibility index (Phi) is 8.12. The molecule has 0 spiro atoms. The number of likely N-dealkylation sites (N-methyl/N-ethyl adjacent to an activating group) is 1. The molecular formula is C16H23BrN2O3. The molecule has 22 heavy (non-hydrogen) atoms. The zero-order valence-electron chi connectivity index (χ0n) is 13.3. The van der Waals surface area contributed by atoms with E-state index in [2.05, 4.69) is 15.9 Å². The summed E-state index contributed by atoms with van der Waals surface area (Å²) in [5.74, 6) is -0.365. The molecule has 1 aromatic carbocycles. The lowest BCUT2D eigenvalue weighted by molar-refractivity contribution is -0.143. The lowest BCUT2D eigenvalue weighted by Crippen LogP contribution is -2.38. The first-order valence-electron chi connectivity index (χ1n) is 7.29. The molecule has 0 bridgehead atoms. The van der Waals surface area contributed by atoms with Crippen LogP contribution in [-0.2, 0) is 9.53 Å². The monoisotopic (exact) mass is 370 g/mol. The first-order valence-corrected chi connectivity index (χ1v) is 8.09. The Morgan fingerprint density at radius 2 is 1.82 bits per heavy atom. The van der Waals surface area contributed by atoms with Crippen molar-refractivity contribution in [3.63, 3.8) is 0 Å². The van der Waals surface area contributed by atoms with Crippen LogP contribution < -0.4 is 0 Å². The maximum Gasteiger partial charge on any atom is 0.307 e. The number of benzene rings is 1. The number of amides is 1. The summed E-state index contributed by atoms with van der Waals surface area (Å²) in [6.45, 7) is 3.78. The summed E-state index contributed by atoms with van der Waals surface area (Å²) in [7, 11) is 3.90. The van der Waals surface area contributed by atoms with Crippen LogP contribution in [0.25, 0.3) is 0 Å². The molecule has 0 aliphatic rings. The van der Waals surface area contributed by atoms with Gasteiger partial charge < -0.3 is 14.5 Å². The van der Waals surface area contributed by atoms with Crippen molar-refractivity contribution in [2.45, 2.75) is 13.3 Å². The largest absolute Gasteiger partial charge is 0.466 e. The van der Waals surface area contributed by atoms with Crippen molar-refractivity contribution in [1.82, 2.24) is 9.80 Å². The van der Waals surface area contributed by atoms with Gasteiger partial charge in [-0.05, 0) is 49.1 Å². The molecule has 0 saturated carbocycles. The summed E-state index contributed by atoms with van der Waals surface area (Å²) in [5.41, 5.74) is 0.602. The molecule has 1 amide bonds. The summed E-state index contributed by atoms with van der Waals surface area (Å²) in [4.78, 5) is 27.9. The third kappa shape index (κ3) is 6.15. The van der Waals surface area contributed by atoms with E-state index in [0.717, 1.165) is 11.0 Å². The molecule has 0 aromatic heterocycles. The molecule has 5 nitrogen and oxygen atoms in total. The summed E-state index contributed by atoms with van der Waals surface area (Å²) in [6.07, 6.45) is 0.206. The van der Waals surface area contributed by atoms with Crippen LogP contribution in [0.3, 0.4) is 0 Å². The van der Waals surface area contributed by atoms with Crippen LogP contribution in [-0.4, -0.2) is 62.0 Å². The number of hydrogen-bond acceptors (Lipinski definition) is 4. The topological polar surface area (TPSA) is 49.9 Å². The third-order valence-electron chi connectivity index (χ3n) is 3.10. The summed E-state index contributed by atoms with van der Waals surface area (Å²) in [5, 5.41) is 0. The summed E-state index contributed by atoms with van der Waals surface area (Å²) in [6, 6.07) is 7.30. The minimum atomic E-state index is -0.280. The van der Waals surface area contributed by atoms with Gasteiger partial charge in [-0.2, -0.15) is 0 Å². The van der Waals surface area contributed by atoms with E-state index in [1.807, 2.05) is 37.2 Å². The maximum absolute atomic E-state index is 12.7. The van der Waals surface area contributed by atoms with Crippen molar-refractivity contribution in [2.24, 2.45) is 0 Å². The van der Waals surface area contributed by atoms with Gasteiger partial charge in [0.2, 0.25) is 0 Å². The van der Waals surface area contributed by atoms with E-state index in [9.17, 15) is 9.59 Å². The quantitative estimate of drug-likeness (QED) is 0.659. The van der Waals surface area contributed by atoms with Gasteiger partial charge in [-0.3, -0.25) is 9.59 Å². The van der Waals surface area contributed by atoms with Crippen LogP contribution >= 0.6 is 15.9 Å². The van der Waals surface area contributed by atoms with E-state index >= 15 is 0 Å². The van der Waals surface area contributed by atoms with Gasteiger partial charge in [-0.25, -0.2) is 0 Å². The van der Waals surface area contributed by atoms with Gasteiger partial charge in [0, 0.05) is 24.1 Å². The highest BCUT2D eigenvalue weighted by atomic mass is 79.9. The van der Waals surface area contributed by atoms with Crippen molar-refractivity contribution in [3.05, 3.63) is 34.3 Å². The lowest BCUT2D eigenvalue weighted by Gasteiger charge is -2.24. The first-order chi connectivity index (χ1) is 10.5. The molecule has 0 heterocycles. The van der Waals surface area contributed by atoms with E-state index in [0.29, 0.717) is 25.3 Å². The standard InChI is InChI=1S/C16H23BrN2O3/c1-4-22-15(20)9-10-19(12-11-18(2)3)16(21)13-7-5-6-8-14(13)17/h5-8H,4,9-12H2,1-3H3.